The van der Waals surface area contributed by atoms with Crippen molar-refractivity contribution in [3.8, 4) is 22.8 Å². The largest absolute Gasteiger partial charge is 0.207 e. The molecule has 0 fully saturated rings. The van der Waals surface area contributed by atoms with Gasteiger partial charge in [0.15, 0.2) is 0 Å². The van der Waals surface area contributed by atoms with Crippen molar-refractivity contribution in [1.82, 2.24) is 20.4 Å². The van der Waals surface area contributed by atoms with Crippen LogP contribution in [0.3, 0.4) is 0 Å². The minimum Gasteiger partial charge on any atom is -0.206 e. The fourth-order valence-electron chi connectivity index (χ4n) is 1.79. The molecule has 0 N–H and O–H groups in total. The molecule has 0 unspecified atom stereocenters. The SMILES string of the molecule is Fc1cccc(Br)c1-c1nnc(-c2ccccc2Br)nn1. The molecule has 0 aliphatic carbocycles. The fourth-order valence-corrected chi connectivity index (χ4v) is 2.77. The molecule has 4 nitrogen and oxygen atoms in total. The number of hydrogen-bond acceptors (Lipinski definition) is 4. The summed E-state index contributed by atoms with van der Waals surface area (Å²) < 4.78 is 15.2. The number of benzene rings is 2. The maximum absolute atomic E-state index is 13.9. The van der Waals surface area contributed by atoms with E-state index in [1.165, 1.54) is 6.07 Å². The standard InChI is InChI=1S/C14H7Br2FN4/c15-9-5-2-1-4-8(9)13-18-20-14(21-19-13)12-10(16)6-3-7-11(12)17/h1-7H. The summed E-state index contributed by atoms with van der Waals surface area (Å²) in [5, 5.41) is 16.0. The Morgan fingerprint density at radius 3 is 2.00 bits per heavy atom. The molecular formula is C14H7Br2FN4. The maximum Gasteiger partial charge on any atom is 0.207 e. The molecule has 3 rings (SSSR count). The van der Waals surface area contributed by atoms with E-state index in [1.807, 2.05) is 24.3 Å². The van der Waals surface area contributed by atoms with E-state index in [2.05, 4.69) is 52.3 Å². The summed E-state index contributed by atoms with van der Waals surface area (Å²) in [6.07, 6.45) is 0. The van der Waals surface area contributed by atoms with Crippen molar-refractivity contribution in [3.05, 3.63) is 57.2 Å². The predicted octanol–water partition coefficient (Wildman–Crippen LogP) is 4.26. The van der Waals surface area contributed by atoms with E-state index >= 15 is 0 Å². The van der Waals surface area contributed by atoms with E-state index in [1.54, 1.807) is 12.1 Å². The molecule has 0 aliphatic heterocycles. The zero-order chi connectivity index (χ0) is 14.8. The van der Waals surface area contributed by atoms with Crippen molar-refractivity contribution in [1.29, 1.82) is 0 Å². The van der Waals surface area contributed by atoms with Gasteiger partial charge in [-0.15, -0.1) is 20.4 Å². The first-order valence-corrected chi connectivity index (χ1v) is 7.52. The second kappa shape index (κ2) is 5.95. The summed E-state index contributed by atoms with van der Waals surface area (Å²) in [5.41, 5.74) is 1.02. The number of rotatable bonds is 2. The van der Waals surface area contributed by atoms with Gasteiger partial charge in [-0.05, 0) is 40.2 Å². The molecule has 1 heterocycles. The van der Waals surface area contributed by atoms with Crippen LogP contribution in [0.25, 0.3) is 22.8 Å². The zero-order valence-corrected chi connectivity index (χ0v) is 13.6. The highest BCUT2D eigenvalue weighted by Crippen LogP contribution is 2.28. The van der Waals surface area contributed by atoms with Gasteiger partial charge in [-0.2, -0.15) is 0 Å². The van der Waals surface area contributed by atoms with E-state index in [0.717, 1.165) is 10.0 Å². The molecule has 0 radical (unpaired) electrons. The summed E-state index contributed by atoms with van der Waals surface area (Å²) in [6, 6.07) is 12.1. The molecule has 0 amide bonds. The minimum atomic E-state index is -0.429. The van der Waals surface area contributed by atoms with Crippen molar-refractivity contribution in [2.24, 2.45) is 0 Å². The molecule has 0 bridgehead atoms. The lowest BCUT2D eigenvalue weighted by atomic mass is 10.2. The van der Waals surface area contributed by atoms with Crippen molar-refractivity contribution < 1.29 is 4.39 Å². The average Bonchev–Trinajstić information content (AvgIpc) is 2.48. The monoisotopic (exact) mass is 408 g/mol. The topological polar surface area (TPSA) is 51.6 Å². The van der Waals surface area contributed by atoms with Crippen LogP contribution in [0.1, 0.15) is 0 Å². The molecule has 0 saturated carbocycles. The molecule has 0 atom stereocenters. The Labute approximate surface area is 136 Å². The lowest BCUT2D eigenvalue weighted by Crippen LogP contribution is -2.01. The quantitative estimate of drug-likeness (QED) is 0.634. The summed E-state index contributed by atoms with van der Waals surface area (Å²) in [4.78, 5) is 0. The average molecular weight is 410 g/mol. The Morgan fingerprint density at radius 1 is 0.714 bits per heavy atom. The van der Waals surface area contributed by atoms with Gasteiger partial charge in [-0.3, -0.25) is 0 Å². The molecule has 0 aliphatic rings. The maximum atomic E-state index is 13.9. The predicted molar refractivity (Wildman–Crippen MR) is 83.9 cm³/mol. The normalized spacial score (nSPS) is 10.6. The minimum absolute atomic E-state index is 0.135. The van der Waals surface area contributed by atoms with Gasteiger partial charge in [-0.25, -0.2) is 4.39 Å². The van der Waals surface area contributed by atoms with Gasteiger partial charge < -0.3 is 0 Å². The lowest BCUT2D eigenvalue weighted by molar-refractivity contribution is 0.627. The van der Waals surface area contributed by atoms with Gasteiger partial charge in [0.2, 0.25) is 11.6 Å². The first-order chi connectivity index (χ1) is 10.2. The highest BCUT2D eigenvalue weighted by atomic mass is 79.9. The van der Waals surface area contributed by atoms with Crippen molar-refractivity contribution in [2.45, 2.75) is 0 Å². The fraction of sp³-hybridized carbons (Fsp3) is 0. The van der Waals surface area contributed by atoms with Crippen molar-refractivity contribution in [2.75, 3.05) is 0 Å². The van der Waals surface area contributed by atoms with Crippen molar-refractivity contribution in [3.63, 3.8) is 0 Å². The Hall–Kier alpha value is -1.73. The number of halogens is 3. The molecule has 1 aromatic heterocycles. The van der Waals surface area contributed by atoms with Gasteiger partial charge in [0.1, 0.15) is 5.82 Å². The van der Waals surface area contributed by atoms with Gasteiger partial charge in [-0.1, -0.05) is 34.1 Å². The van der Waals surface area contributed by atoms with Gasteiger partial charge in [0.05, 0.1) is 5.56 Å². The highest BCUT2D eigenvalue weighted by Gasteiger charge is 2.14. The van der Waals surface area contributed by atoms with Crippen LogP contribution in [0.2, 0.25) is 0 Å². The third-order valence-corrected chi connectivity index (χ3v) is 4.13. The molecule has 104 valence electrons. The molecule has 0 saturated heterocycles. The second-order valence-corrected chi connectivity index (χ2v) is 5.83. The molecule has 3 aromatic rings. The van der Waals surface area contributed by atoms with E-state index in [-0.39, 0.29) is 11.4 Å². The first kappa shape index (κ1) is 14.2. The molecular weight excluding hydrogens is 403 g/mol. The first-order valence-electron chi connectivity index (χ1n) is 5.93. The number of aromatic nitrogens is 4. The van der Waals surface area contributed by atoms with E-state index < -0.39 is 5.82 Å². The van der Waals surface area contributed by atoms with Crippen LogP contribution in [0, 0.1) is 5.82 Å². The van der Waals surface area contributed by atoms with Crippen LogP contribution >= 0.6 is 31.9 Å². The van der Waals surface area contributed by atoms with E-state index in [9.17, 15) is 4.39 Å². The smallest absolute Gasteiger partial charge is 0.206 e. The van der Waals surface area contributed by atoms with Crippen LogP contribution in [0.5, 0.6) is 0 Å². The summed E-state index contributed by atoms with van der Waals surface area (Å²) in [5.74, 6) is 0.0797. The number of nitrogens with zero attached hydrogens (tertiary/aromatic N) is 4. The Morgan fingerprint density at radius 2 is 1.33 bits per heavy atom. The summed E-state index contributed by atoms with van der Waals surface area (Å²) in [6.45, 7) is 0. The van der Waals surface area contributed by atoms with Gasteiger partial charge in [0, 0.05) is 14.5 Å². The van der Waals surface area contributed by atoms with E-state index in [0.29, 0.717) is 10.3 Å². The number of hydrogen-bond donors (Lipinski definition) is 0. The Balaban J connectivity index is 2.04. The van der Waals surface area contributed by atoms with Gasteiger partial charge >= 0.3 is 0 Å². The Bertz CT molecular complexity index is 773. The van der Waals surface area contributed by atoms with Crippen LogP contribution in [0.4, 0.5) is 4.39 Å². The lowest BCUT2D eigenvalue weighted by Gasteiger charge is -2.04. The molecule has 7 heteroatoms. The van der Waals surface area contributed by atoms with E-state index in [4.69, 9.17) is 0 Å². The third kappa shape index (κ3) is 2.84. The van der Waals surface area contributed by atoms with Crippen LogP contribution in [-0.4, -0.2) is 20.4 Å². The third-order valence-electron chi connectivity index (χ3n) is 2.78. The summed E-state index contributed by atoms with van der Waals surface area (Å²) in [7, 11) is 0. The van der Waals surface area contributed by atoms with Crippen LogP contribution in [0.15, 0.2) is 51.4 Å². The Kier molecular flexibility index (Phi) is 4.03. The molecule has 2 aromatic carbocycles. The molecule has 21 heavy (non-hydrogen) atoms. The zero-order valence-electron chi connectivity index (χ0n) is 10.5. The van der Waals surface area contributed by atoms with Gasteiger partial charge in [0.25, 0.3) is 0 Å². The van der Waals surface area contributed by atoms with Crippen LogP contribution in [-0.2, 0) is 0 Å². The van der Waals surface area contributed by atoms with Crippen LogP contribution < -0.4 is 0 Å². The second-order valence-electron chi connectivity index (χ2n) is 4.12. The molecule has 0 spiro atoms. The summed E-state index contributed by atoms with van der Waals surface area (Å²) >= 11 is 6.69. The highest BCUT2D eigenvalue weighted by molar-refractivity contribution is 9.11. The van der Waals surface area contributed by atoms with Crippen molar-refractivity contribution >= 4 is 31.9 Å².